The smallest absolute Gasteiger partial charge is 0.240 e. The van der Waals surface area contributed by atoms with Gasteiger partial charge in [0.2, 0.25) is 10.0 Å². The van der Waals surface area contributed by atoms with Crippen LogP contribution in [-0.4, -0.2) is 20.7 Å². The lowest BCUT2D eigenvalue weighted by Gasteiger charge is -2.05. The summed E-state index contributed by atoms with van der Waals surface area (Å²) in [5.74, 6) is -0.0430. The monoisotopic (exact) mass is 305 g/mol. The molecule has 0 bridgehead atoms. The molecule has 0 saturated carbocycles. The first-order valence-electron chi connectivity index (χ1n) is 4.66. The van der Waals surface area contributed by atoms with Gasteiger partial charge < -0.3 is 0 Å². The Kier molecular flexibility index (Phi) is 4.64. The number of benzene rings is 1. The Bertz CT molecular complexity index is 467. The van der Waals surface area contributed by atoms with Crippen LogP contribution in [0.1, 0.15) is 13.3 Å². The highest BCUT2D eigenvalue weighted by Gasteiger charge is 2.12. The van der Waals surface area contributed by atoms with Crippen LogP contribution in [0.3, 0.4) is 0 Å². The zero-order chi connectivity index (χ0) is 12.2. The molecule has 0 spiro atoms. The summed E-state index contributed by atoms with van der Waals surface area (Å²) >= 11 is 3.22. The molecular weight excluding hydrogens is 294 g/mol. The summed E-state index contributed by atoms with van der Waals surface area (Å²) in [6.07, 6.45) is 0.204. The van der Waals surface area contributed by atoms with E-state index < -0.39 is 10.0 Å². The zero-order valence-electron chi connectivity index (χ0n) is 8.73. The fourth-order valence-electron chi connectivity index (χ4n) is 1.06. The summed E-state index contributed by atoms with van der Waals surface area (Å²) in [7, 11) is -3.50. The molecule has 0 saturated heterocycles. The summed E-state index contributed by atoms with van der Waals surface area (Å²) in [5.41, 5.74) is 0. The van der Waals surface area contributed by atoms with Crippen LogP contribution in [0.5, 0.6) is 0 Å². The number of rotatable bonds is 5. The Morgan fingerprint density at radius 1 is 1.31 bits per heavy atom. The van der Waals surface area contributed by atoms with Crippen molar-refractivity contribution in [1.29, 1.82) is 0 Å². The van der Waals surface area contributed by atoms with Gasteiger partial charge >= 0.3 is 0 Å². The number of nitrogens with one attached hydrogen (secondary N) is 1. The SMILES string of the molecule is CC(=O)CCNS(=O)(=O)c1ccc(Br)cc1. The number of halogens is 1. The maximum atomic E-state index is 11.7. The van der Waals surface area contributed by atoms with Gasteiger partial charge in [0.25, 0.3) is 0 Å². The number of carbonyl (C=O) groups is 1. The van der Waals surface area contributed by atoms with Crippen molar-refractivity contribution < 1.29 is 13.2 Å². The molecular formula is C10H12BrNO3S. The first-order valence-corrected chi connectivity index (χ1v) is 6.94. The Labute approximate surface area is 103 Å². The minimum absolute atomic E-state index is 0.0430. The molecule has 0 radical (unpaired) electrons. The standard InChI is InChI=1S/C10H12BrNO3S/c1-8(13)6-7-12-16(14,15)10-4-2-9(11)3-5-10/h2-5,12H,6-7H2,1H3. The van der Waals surface area contributed by atoms with Gasteiger partial charge in [-0.25, -0.2) is 13.1 Å². The van der Waals surface area contributed by atoms with E-state index in [0.717, 1.165) is 4.47 Å². The lowest BCUT2D eigenvalue weighted by atomic mass is 10.3. The Hall–Kier alpha value is -0.720. The van der Waals surface area contributed by atoms with Crippen molar-refractivity contribution in [3.8, 4) is 0 Å². The summed E-state index contributed by atoms with van der Waals surface area (Å²) in [6.45, 7) is 1.56. The van der Waals surface area contributed by atoms with Crippen molar-refractivity contribution in [2.24, 2.45) is 0 Å². The number of Topliss-reactive ketones (excluding diaryl/α,β-unsaturated/α-hetero) is 1. The molecule has 0 aliphatic rings. The average molecular weight is 306 g/mol. The van der Waals surface area contributed by atoms with Gasteiger partial charge in [0.1, 0.15) is 5.78 Å². The van der Waals surface area contributed by atoms with Crippen LogP contribution >= 0.6 is 15.9 Å². The third-order valence-electron chi connectivity index (χ3n) is 1.89. The van der Waals surface area contributed by atoms with E-state index in [0.29, 0.717) is 0 Å². The van der Waals surface area contributed by atoms with Crippen LogP contribution in [0.4, 0.5) is 0 Å². The van der Waals surface area contributed by atoms with Crippen LogP contribution in [0.2, 0.25) is 0 Å². The van der Waals surface area contributed by atoms with E-state index in [4.69, 9.17) is 0 Å². The van der Waals surface area contributed by atoms with Crippen molar-refractivity contribution in [3.05, 3.63) is 28.7 Å². The van der Waals surface area contributed by atoms with Gasteiger partial charge in [0.05, 0.1) is 4.90 Å². The van der Waals surface area contributed by atoms with Crippen molar-refractivity contribution >= 4 is 31.7 Å². The highest BCUT2D eigenvalue weighted by molar-refractivity contribution is 9.10. The van der Waals surface area contributed by atoms with E-state index in [2.05, 4.69) is 20.7 Å². The number of ketones is 1. The molecule has 0 aliphatic carbocycles. The maximum Gasteiger partial charge on any atom is 0.240 e. The molecule has 1 aromatic carbocycles. The molecule has 4 nitrogen and oxygen atoms in total. The van der Waals surface area contributed by atoms with Gasteiger partial charge in [-0.15, -0.1) is 0 Å². The van der Waals surface area contributed by atoms with Gasteiger partial charge in [0, 0.05) is 17.4 Å². The van der Waals surface area contributed by atoms with Gasteiger partial charge in [-0.2, -0.15) is 0 Å². The van der Waals surface area contributed by atoms with Crippen LogP contribution in [0.15, 0.2) is 33.6 Å². The van der Waals surface area contributed by atoms with Crippen molar-refractivity contribution in [2.45, 2.75) is 18.2 Å². The molecule has 16 heavy (non-hydrogen) atoms. The molecule has 0 heterocycles. The molecule has 0 aliphatic heterocycles. The van der Waals surface area contributed by atoms with E-state index in [1.165, 1.54) is 19.1 Å². The minimum atomic E-state index is -3.50. The molecule has 6 heteroatoms. The second-order valence-electron chi connectivity index (χ2n) is 3.30. The summed E-state index contributed by atoms with van der Waals surface area (Å²) < 4.78 is 26.6. The lowest BCUT2D eigenvalue weighted by molar-refractivity contribution is -0.116. The van der Waals surface area contributed by atoms with E-state index >= 15 is 0 Å². The van der Waals surface area contributed by atoms with Crippen LogP contribution in [0, 0.1) is 0 Å². The lowest BCUT2D eigenvalue weighted by Crippen LogP contribution is -2.25. The summed E-state index contributed by atoms with van der Waals surface area (Å²) in [5, 5.41) is 0. The Morgan fingerprint density at radius 3 is 2.38 bits per heavy atom. The summed E-state index contributed by atoms with van der Waals surface area (Å²) in [4.78, 5) is 10.9. The average Bonchev–Trinajstić information content (AvgIpc) is 2.17. The third-order valence-corrected chi connectivity index (χ3v) is 3.90. The maximum absolute atomic E-state index is 11.7. The van der Waals surface area contributed by atoms with Crippen LogP contribution in [-0.2, 0) is 14.8 Å². The topological polar surface area (TPSA) is 63.2 Å². The minimum Gasteiger partial charge on any atom is -0.300 e. The Morgan fingerprint density at radius 2 is 1.88 bits per heavy atom. The van der Waals surface area contributed by atoms with Gasteiger partial charge in [-0.1, -0.05) is 15.9 Å². The van der Waals surface area contributed by atoms with Crippen LogP contribution in [0.25, 0.3) is 0 Å². The third kappa shape index (κ3) is 4.03. The first-order chi connectivity index (χ1) is 7.42. The normalized spacial score (nSPS) is 11.4. The molecule has 0 fully saturated rings. The first kappa shape index (κ1) is 13.3. The predicted octanol–water partition coefficient (Wildman–Crippen LogP) is 1.71. The quantitative estimate of drug-likeness (QED) is 0.900. The van der Waals surface area contributed by atoms with Gasteiger partial charge in [0.15, 0.2) is 0 Å². The molecule has 0 aromatic heterocycles. The second-order valence-corrected chi connectivity index (χ2v) is 5.99. The van der Waals surface area contributed by atoms with E-state index in [9.17, 15) is 13.2 Å². The molecule has 1 N–H and O–H groups in total. The molecule has 0 atom stereocenters. The zero-order valence-corrected chi connectivity index (χ0v) is 11.1. The summed E-state index contributed by atoms with van der Waals surface area (Å²) in [6, 6.07) is 6.31. The highest BCUT2D eigenvalue weighted by Crippen LogP contribution is 2.14. The number of carbonyl (C=O) groups excluding carboxylic acids is 1. The predicted molar refractivity (Wildman–Crippen MR) is 64.6 cm³/mol. The fourth-order valence-corrected chi connectivity index (χ4v) is 2.35. The molecule has 1 rings (SSSR count). The van der Waals surface area contributed by atoms with E-state index in [1.807, 2.05) is 0 Å². The van der Waals surface area contributed by atoms with Crippen molar-refractivity contribution in [2.75, 3.05) is 6.54 Å². The second kappa shape index (κ2) is 5.56. The highest BCUT2D eigenvalue weighted by atomic mass is 79.9. The Balaban J connectivity index is 2.71. The number of hydrogen-bond donors (Lipinski definition) is 1. The number of sulfonamides is 1. The molecule has 0 amide bonds. The molecule has 1 aromatic rings. The van der Waals surface area contributed by atoms with Gasteiger partial charge in [-0.05, 0) is 31.2 Å². The largest absolute Gasteiger partial charge is 0.300 e. The van der Waals surface area contributed by atoms with Crippen molar-refractivity contribution in [3.63, 3.8) is 0 Å². The van der Waals surface area contributed by atoms with Crippen molar-refractivity contribution in [1.82, 2.24) is 4.72 Å². The van der Waals surface area contributed by atoms with Crippen LogP contribution < -0.4 is 4.72 Å². The van der Waals surface area contributed by atoms with E-state index in [-0.39, 0.29) is 23.6 Å². The molecule has 88 valence electrons. The number of hydrogen-bond acceptors (Lipinski definition) is 3. The fraction of sp³-hybridized carbons (Fsp3) is 0.300. The van der Waals surface area contributed by atoms with Gasteiger partial charge in [-0.3, -0.25) is 4.79 Å². The van der Waals surface area contributed by atoms with E-state index in [1.54, 1.807) is 12.1 Å². The molecule has 0 unspecified atom stereocenters.